The molecule has 1 amide bonds. The van der Waals surface area contributed by atoms with E-state index in [-0.39, 0.29) is 17.2 Å². The number of rotatable bonds is 7. The molecule has 138 valence electrons. The SMILES string of the molecule is NC(=O)COc1ccc2ccccc2c1CNc1ccc(Cl)c(C(=O)O)c1. The van der Waals surface area contributed by atoms with Crippen molar-refractivity contribution >= 4 is 39.9 Å². The third-order valence-electron chi connectivity index (χ3n) is 4.03. The minimum absolute atomic E-state index is 0.0183. The average Bonchev–Trinajstić information content (AvgIpc) is 2.65. The number of amides is 1. The number of ether oxygens (including phenoxy) is 1. The lowest BCUT2D eigenvalue weighted by Crippen LogP contribution is -2.20. The maximum absolute atomic E-state index is 11.3. The van der Waals surface area contributed by atoms with Crippen LogP contribution in [0.25, 0.3) is 10.8 Å². The Morgan fingerprint density at radius 2 is 1.89 bits per heavy atom. The maximum atomic E-state index is 11.3. The number of aromatic carboxylic acids is 1. The van der Waals surface area contributed by atoms with Crippen LogP contribution in [0.5, 0.6) is 5.75 Å². The van der Waals surface area contributed by atoms with Crippen molar-refractivity contribution in [3.63, 3.8) is 0 Å². The van der Waals surface area contributed by atoms with E-state index in [0.717, 1.165) is 16.3 Å². The van der Waals surface area contributed by atoms with Gasteiger partial charge in [-0.3, -0.25) is 4.79 Å². The Hall–Kier alpha value is -3.25. The fourth-order valence-corrected chi connectivity index (χ4v) is 2.97. The predicted molar refractivity (Wildman–Crippen MR) is 104 cm³/mol. The zero-order chi connectivity index (χ0) is 19.4. The number of carbonyl (C=O) groups excluding carboxylic acids is 1. The Kier molecular flexibility index (Phi) is 5.47. The molecular weight excluding hydrogens is 368 g/mol. The number of nitrogens with one attached hydrogen (secondary N) is 1. The molecule has 0 aliphatic heterocycles. The summed E-state index contributed by atoms with van der Waals surface area (Å²) in [6.07, 6.45) is 0. The van der Waals surface area contributed by atoms with Crippen molar-refractivity contribution in [2.75, 3.05) is 11.9 Å². The van der Waals surface area contributed by atoms with E-state index >= 15 is 0 Å². The van der Waals surface area contributed by atoms with Crippen molar-refractivity contribution in [2.24, 2.45) is 5.73 Å². The highest BCUT2D eigenvalue weighted by Gasteiger charge is 2.12. The Balaban J connectivity index is 1.93. The average molecular weight is 385 g/mol. The minimum Gasteiger partial charge on any atom is -0.483 e. The number of anilines is 1. The molecule has 0 spiro atoms. The molecule has 7 heteroatoms. The molecular formula is C20H17ClN2O4. The highest BCUT2D eigenvalue weighted by molar-refractivity contribution is 6.33. The maximum Gasteiger partial charge on any atom is 0.337 e. The van der Waals surface area contributed by atoms with Crippen molar-refractivity contribution in [3.8, 4) is 5.75 Å². The molecule has 0 aliphatic rings. The number of carboxylic acid groups (broad SMARTS) is 1. The second kappa shape index (κ2) is 7.97. The molecule has 0 aromatic heterocycles. The fourth-order valence-electron chi connectivity index (χ4n) is 2.77. The standard InChI is InChI=1S/C20H17ClN2O4/c21-17-7-6-13(9-15(17)20(25)26)23-10-16-14-4-2-1-3-12(14)5-8-18(16)27-11-19(22)24/h1-9,23H,10-11H2,(H2,22,24)(H,25,26). The molecule has 0 radical (unpaired) electrons. The third kappa shape index (κ3) is 4.30. The zero-order valence-electron chi connectivity index (χ0n) is 14.2. The number of primary amides is 1. The molecule has 3 aromatic carbocycles. The first-order chi connectivity index (χ1) is 13.0. The summed E-state index contributed by atoms with van der Waals surface area (Å²) in [6, 6.07) is 16.2. The van der Waals surface area contributed by atoms with Gasteiger partial charge in [0.15, 0.2) is 6.61 Å². The quantitative estimate of drug-likeness (QED) is 0.577. The van der Waals surface area contributed by atoms with Gasteiger partial charge in [0.05, 0.1) is 10.6 Å². The normalized spacial score (nSPS) is 10.6. The van der Waals surface area contributed by atoms with Crippen molar-refractivity contribution in [2.45, 2.75) is 6.54 Å². The Morgan fingerprint density at radius 3 is 2.63 bits per heavy atom. The van der Waals surface area contributed by atoms with E-state index in [1.165, 1.54) is 12.1 Å². The lowest BCUT2D eigenvalue weighted by atomic mass is 10.0. The van der Waals surface area contributed by atoms with Gasteiger partial charge in [0, 0.05) is 17.8 Å². The van der Waals surface area contributed by atoms with Gasteiger partial charge in [-0.05, 0) is 35.0 Å². The van der Waals surface area contributed by atoms with E-state index in [4.69, 9.17) is 22.1 Å². The lowest BCUT2D eigenvalue weighted by molar-refractivity contribution is -0.119. The van der Waals surface area contributed by atoms with Crippen LogP contribution in [-0.2, 0) is 11.3 Å². The molecule has 0 fully saturated rings. The van der Waals surface area contributed by atoms with Crippen molar-refractivity contribution in [1.29, 1.82) is 0 Å². The molecule has 3 aromatic rings. The van der Waals surface area contributed by atoms with Gasteiger partial charge in [0.2, 0.25) is 0 Å². The van der Waals surface area contributed by atoms with E-state index in [1.807, 2.05) is 30.3 Å². The van der Waals surface area contributed by atoms with E-state index in [1.54, 1.807) is 12.1 Å². The van der Waals surface area contributed by atoms with Gasteiger partial charge in [-0.15, -0.1) is 0 Å². The molecule has 3 rings (SSSR count). The van der Waals surface area contributed by atoms with Gasteiger partial charge < -0.3 is 20.9 Å². The summed E-state index contributed by atoms with van der Waals surface area (Å²) in [5.41, 5.74) is 6.63. The molecule has 0 unspecified atom stereocenters. The molecule has 0 heterocycles. The summed E-state index contributed by atoms with van der Waals surface area (Å²) in [6.45, 7) is 0.131. The third-order valence-corrected chi connectivity index (χ3v) is 4.36. The Morgan fingerprint density at radius 1 is 1.11 bits per heavy atom. The number of nitrogens with two attached hydrogens (primary N) is 1. The van der Waals surface area contributed by atoms with Gasteiger partial charge in [-0.1, -0.05) is 41.9 Å². The fraction of sp³-hybridized carbons (Fsp3) is 0.100. The number of carbonyl (C=O) groups is 2. The summed E-state index contributed by atoms with van der Waals surface area (Å²) < 4.78 is 5.55. The molecule has 0 bridgehead atoms. The van der Waals surface area contributed by atoms with Crippen LogP contribution in [0, 0.1) is 0 Å². The number of fused-ring (bicyclic) bond motifs is 1. The molecule has 0 saturated heterocycles. The van der Waals surface area contributed by atoms with Gasteiger partial charge in [0.25, 0.3) is 5.91 Å². The second-order valence-corrected chi connectivity index (χ2v) is 6.28. The zero-order valence-corrected chi connectivity index (χ0v) is 15.0. The van der Waals surface area contributed by atoms with E-state index in [0.29, 0.717) is 18.0 Å². The van der Waals surface area contributed by atoms with Crippen molar-refractivity contribution in [3.05, 3.63) is 70.7 Å². The molecule has 0 aliphatic carbocycles. The van der Waals surface area contributed by atoms with E-state index in [9.17, 15) is 14.7 Å². The van der Waals surface area contributed by atoms with Crippen LogP contribution in [0.15, 0.2) is 54.6 Å². The number of hydrogen-bond acceptors (Lipinski definition) is 4. The van der Waals surface area contributed by atoms with Crippen LogP contribution in [0.2, 0.25) is 5.02 Å². The second-order valence-electron chi connectivity index (χ2n) is 5.87. The van der Waals surface area contributed by atoms with Gasteiger partial charge in [0.1, 0.15) is 5.75 Å². The van der Waals surface area contributed by atoms with Crippen LogP contribution in [0.1, 0.15) is 15.9 Å². The Bertz CT molecular complexity index is 1020. The van der Waals surface area contributed by atoms with Crippen LogP contribution in [0.4, 0.5) is 5.69 Å². The largest absolute Gasteiger partial charge is 0.483 e. The summed E-state index contributed by atoms with van der Waals surface area (Å²) in [5, 5.41) is 14.5. The minimum atomic E-state index is -1.10. The topological polar surface area (TPSA) is 102 Å². The summed E-state index contributed by atoms with van der Waals surface area (Å²) >= 11 is 5.91. The first-order valence-electron chi connectivity index (χ1n) is 8.14. The molecule has 6 nitrogen and oxygen atoms in total. The smallest absolute Gasteiger partial charge is 0.337 e. The summed E-state index contributed by atoms with van der Waals surface area (Å²) in [7, 11) is 0. The van der Waals surface area contributed by atoms with Gasteiger partial charge in [-0.2, -0.15) is 0 Å². The summed E-state index contributed by atoms with van der Waals surface area (Å²) in [4.78, 5) is 22.3. The predicted octanol–water partition coefficient (Wildman–Crippen LogP) is 3.67. The number of benzene rings is 3. The van der Waals surface area contributed by atoms with Crippen LogP contribution < -0.4 is 15.8 Å². The van der Waals surface area contributed by atoms with Crippen molar-refractivity contribution in [1.82, 2.24) is 0 Å². The number of halogens is 1. The number of carboxylic acids is 1. The lowest BCUT2D eigenvalue weighted by Gasteiger charge is -2.15. The van der Waals surface area contributed by atoms with Crippen LogP contribution in [0.3, 0.4) is 0 Å². The highest BCUT2D eigenvalue weighted by Crippen LogP contribution is 2.29. The summed E-state index contributed by atoms with van der Waals surface area (Å²) in [5.74, 6) is -1.13. The van der Waals surface area contributed by atoms with E-state index in [2.05, 4.69) is 5.32 Å². The van der Waals surface area contributed by atoms with E-state index < -0.39 is 11.9 Å². The molecule has 0 saturated carbocycles. The molecule has 4 N–H and O–H groups in total. The monoisotopic (exact) mass is 384 g/mol. The first kappa shape index (κ1) is 18.5. The van der Waals surface area contributed by atoms with Crippen molar-refractivity contribution < 1.29 is 19.4 Å². The van der Waals surface area contributed by atoms with Gasteiger partial charge >= 0.3 is 5.97 Å². The first-order valence-corrected chi connectivity index (χ1v) is 8.52. The molecule has 0 atom stereocenters. The Labute approximate surface area is 160 Å². The van der Waals surface area contributed by atoms with Crippen LogP contribution >= 0.6 is 11.6 Å². The number of hydrogen-bond donors (Lipinski definition) is 3. The highest BCUT2D eigenvalue weighted by atomic mass is 35.5. The van der Waals surface area contributed by atoms with Crippen LogP contribution in [-0.4, -0.2) is 23.6 Å². The molecule has 27 heavy (non-hydrogen) atoms. The van der Waals surface area contributed by atoms with Gasteiger partial charge in [-0.25, -0.2) is 4.79 Å².